The lowest BCUT2D eigenvalue weighted by Crippen LogP contribution is -2.07. The molecule has 0 saturated carbocycles. The van der Waals surface area contributed by atoms with E-state index in [0.29, 0.717) is 29.6 Å². The Balaban J connectivity index is 0.000000308. The third kappa shape index (κ3) is 6.26. The van der Waals surface area contributed by atoms with Crippen molar-refractivity contribution in [3.05, 3.63) is 90.8 Å². The van der Waals surface area contributed by atoms with E-state index in [-0.39, 0.29) is 6.10 Å². The minimum absolute atomic E-state index is 0.0577. The quantitative estimate of drug-likeness (QED) is 0.311. The van der Waals surface area contributed by atoms with E-state index in [1.807, 2.05) is 74.5 Å². The number of fused-ring (bicyclic) bond motifs is 1. The second-order valence-corrected chi connectivity index (χ2v) is 8.04. The summed E-state index contributed by atoms with van der Waals surface area (Å²) in [6.45, 7) is 4.51. The molecular formula is C27H28N6O2. The van der Waals surface area contributed by atoms with Crippen molar-refractivity contribution in [2.45, 2.75) is 26.6 Å². The number of hydrogen-bond donors (Lipinski definition) is 3. The van der Waals surface area contributed by atoms with Crippen LogP contribution in [0.3, 0.4) is 0 Å². The van der Waals surface area contributed by atoms with Gasteiger partial charge in [-0.25, -0.2) is 15.0 Å². The van der Waals surface area contributed by atoms with Gasteiger partial charge in [-0.2, -0.15) is 0 Å². The first-order valence-electron chi connectivity index (χ1n) is 11.2. The Hall–Kier alpha value is -4.59. The van der Waals surface area contributed by atoms with Crippen molar-refractivity contribution >= 4 is 22.7 Å². The molecule has 0 fully saturated rings. The van der Waals surface area contributed by atoms with Crippen LogP contribution in [0.4, 0.5) is 11.5 Å². The molecule has 5 aromatic rings. The Morgan fingerprint density at radius 3 is 2.34 bits per heavy atom. The summed E-state index contributed by atoms with van der Waals surface area (Å²) in [5.74, 6) is 2.63. The SMILES string of the molecule is CC(C)Oc1ccc(OCc2ccccc2)cc1-c1nc2ncccc2[nH]1.Nc1cccnc1N. The highest BCUT2D eigenvalue weighted by Gasteiger charge is 2.14. The van der Waals surface area contributed by atoms with E-state index in [0.717, 1.165) is 28.1 Å². The summed E-state index contributed by atoms with van der Waals surface area (Å²) in [7, 11) is 0. The monoisotopic (exact) mass is 468 g/mol. The first-order valence-corrected chi connectivity index (χ1v) is 11.2. The van der Waals surface area contributed by atoms with Gasteiger partial charge in [0.15, 0.2) is 5.65 Å². The molecule has 0 amide bonds. The van der Waals surface area contributed by atoms with Gasteiger partial charge >= 0.3 is 0 Å². The van der Waals surface area contributed by atoms with Gasteiger partial charge in [0.2, 0.25) is 0 Å². The van der Waals surface area contributed by atoms with Gasteiger partial charge < -0.3 is 25.9 Å². The minimum Gasteiger partial charge on any atom is -0.490 e. The molecule has 8 heteroatoms. The van der Waals surface area contributed by atoms with Crippen molar-refractivity contribution in [1.29, 1.82) is 0 Å². The fourth-order valence-electron chi connectivity index (χ4n) is 3.28. The van der Waals surface area contributed by atoms with Crippen LogP contribution in [0, 0.1) is 0 Å². The molecule has 3 aromatic heterocycles. The Bertz CT molecular complexity index is 1330. The molecule has 3 heterocycles. The van der Waals surface area contributed by atoms with Crippen LogP contribution >= 0.6 is 0 Å². The van der Waals surface area contributed by atoms with Crippen LogP contribution in [0.15, 0.2) is 85.2 Å². The zero-order valence-corrected chi connectivity index (χ0v) is 19.7. The second-order valence-electron chi connectivity index (χ2n) is 8.04. The second kappa shape index (κ2) is 11.0. The van der Waals surface area contributed by atoms with E-state index >= 15 is 0 Å². The number of imidazole rings is 1. The number of anilines is 2. The number of nitrogens with zero attached hydrogens (tertiary/aromatic N) is 3. The zero-order valence-electron chi connectivity index (χ0n) is 19.7. The largest absolute Gasteiger partial charge is 0.490 e. The smallest absolute Gasteiger partial charge is 0.178 e. The number of hydrogen-bond acceptors (Lipinski definition) is 7. The zero-order chi connectivity index (χ0) is 24.6. The number of nitrogens with two attached hydrogens (primary N) is 2. The molecule has 0 radical (unpaired) electrons. The van der Waals surface area contributed by atoms with E-state index in [4.69, 9.17) is 20.9 Å². The fraction of sp³-hybridized carbons (Fsp3) is 0.148. The number of H-pyrrole nitrogens is 1. The lowest BCUT2D eigenvalue weighted by Gasteiger charge is -2.15. The van der Waals surface area contributed by atoms with Crippen molar-refractivity contribution in [2.24, 2.45) is 0 Å². The molecule has 0 atom stereocenters. The van der Waals surface area contributed by atoms with E-state index in [1.54, 1.807) is 24.5 Å². The number of aromatic amines is 1. The molecule has 0 unspecified atom stereocenters. The summed E-state index contributed by atoms with van der Waals surface area (Å²) >= 11 is 0. The Morgan fingerprint density at radius 2 is 1.66 bits per heavy atom. The lowest BCUT2D eigenvalue weighted by atomic mass is 10.1. The number of pyridine rings is 2. The van der Waals surface area contributed by atoms with Gasteiger partial charge in [0.05, 0.1) is 22.9 Å². The van der Waals surface area contributed by atoms with Crippen LogP contribution in [0.1, 0.15) is 19.4 Å². The van der Waals surface area contributed by atoms with E-state index in [1.165, 1.54) is 0 Å². The molecule has 5 rings (SSSR count). The minimum atomic E-state index is 0.0577. The number of aromatic nitrogens is 4. The maximum Gasteiger partial charge on any atom is 0.178 e. The van der Waals surface area contributed by atoms with Crippen LogP contribution in [0.5, 0.6) is 11.5 Å². The first kappa shape index (κ1) is 23.6. The first-order chi connectivity index (χ1) is 17.0. The number of rotatable bonds is 6. The van der Waals surface area contributed by atoms with E-state index < -0.39 is 0 Å². The van der Waals surface area contributed by atoms with Crippen molar-refractivity contribution in [3.63, 3.8) is 0 Å². The third-order valence-electron chi connectivity index (χ3n) is 4.95. The molecule has 2 aromatic carbocycles. The topological polar surface area (TPSA) is 125 Å². The van der Waals surface area contributed by atoms with Gasteiger partial charge in [-0.15, -0.1) is 0 Å². The predicted octanol–water partition coefficient (Wildman–Crippen LogP) is 5.24. The van der Waals surface area contributed by atoms with Gasteiger partial charge in [0, 0.05) is 12.4 Å². The van der Waals surface area contributed by atoms with Gasteiger partial charge in [-0.3, -0.25) is 0 Å². The highest BCUT2D eigenvalue weighted by Crippen LogP contribution is 2.33. The Morgan fingerprint density at radius 1 is 0.886 bits per heavy atom. The normalized spacial score (nSPS) is 10.6. The molecule has 0 aliphatic carbocycles. The van der Waals surface area contributed by atoms with Crippen LogP contribution in [0.25, 0.3) is 22.6 Å². The molecular weight excluding hydrogens is 440 g/mol. The third-order valence-corrected chi connectivity index (χ3v) is 4.95. The lowest BCUT2D eigenvalue weighted by molar-refractivity contribution is 0.242. The van der Waals surface area contributed by atoms with Crippen LogP contribution in [-0.4, -0.2) is 26.0 Å². The average molecular weight is 469 g/mol. The summed E-state index contributed by atoms with van der Waals surface area (Å²) in [5, 5.41) is 0. The summed E-state index contributed by atoms with van der Waals surface area (Å²) in [4.78, 5) is 16.0. The van der Waals surface area contributed by atoms with Gasteiger partial charge in [0.1, 0.15) is 29.7 Å². The van der Waals surface area contributed by atoms with E-state index in [9.17, 15) is 0 Å². The number of nitrogen functional groups attached to an aromatic ring is 2. The predicted molar refractivity (Wildman–Crippen MR) is 139 cm³/mol. The molecule has 0 aliphatic heterocycles. The maximum absolute atomic E-state index is 5.98. The van der Waals surface area contributed by atoms with Gasteiger partial charge in [0.25, 0.3) is 0 Å². The number of ether oxygens (including phenoxy) is 2. The Kier molecular flexibility index (Phi) is 7.42. The highest BCUT2D eigenvalue weighted by atomic mass is 16.5. The molecule has 35 heavy (non-hydrogen) atoms. The number of nitrogens with one attached hydrogen (secondary N) is 1. The highest BCUT2D eigenvalue weighted by molar-refractivity contribution is 5.78. The summed E-state index contributed by atoms with van der Waals surface area (Å²) < 4.78 is 12.0. The maximum atomic E-state index is 5.98. The van der Waals surface area contributed by atoms with Crippen molar-refractivity contribution in [1.82, 2.24) is 19.9 Å². The van der Waals surface area contributed by atoms with Crippen LogP contribution in [-0.2, 0) is 6.61 Å². The van der Waals surface area contributed by atoms with Crippen LogP contribution in [0.2, 0.25) is 0 Å². The van der Waals surface area contributed by atoms with Gasteiger partial charge in [-0.1, -0.05) is 30.3 Å². The summed E-state index contributed by atoms with van der Waals surface area (Å²) in [6.07, 6.45) is 3.39. The average Bonchev–Trinajstić information content (AvgIpc) is 3.30. The van der Waals surface area contributed by atoms with Crippen molar-refractivity contribution < 1.29 is 9.47 Å². The Labute approximate surface area is 204 Å². The van der Waals surface area contributed by atoms with Crippen LogP contribution < -0.4 is 20.9 Å². The molecule has 0 bridgehead atoms. The summed E-state index contributed by atoms with van der Waals surface area (Å²) in [5.41, 5.74) is 14.7. The fourth-order valence-corrected chi connectivity index (χ4v) is 3.28. The molecule has 8 nitrogen and oxygen atoms in total. The van der Waals surface area contributed by atoms with E-state index in [2.05, 4.69) is 19.9 Å². The molecule has 0 saturated heterocycles. The molecule has 0 aliphatic rings. The molecule has 0 spiro atoms. The summed E-state index contributed by atoms with van der Waals surface area (Å²) in [6, 6.07) is 23.2. The van der Waals surface area contributed by atoms with Crippen molar-refractivity contribution in [3.8, 4) is 22.9 Å². The van der Waals surface area contributed by atoms with Crippen molar-refractivity contribution in [2.75, 3.05) is 11.5 Å². The standard InChI is InChI=1S/C22H21N3O2.C5H7N3/c1-15(2)27-20-11-10-17(26-14-16-7-4-3-5-8-16)13-18(20)21-24-19-9-6-12-23-22(19)25-21;6-4-2-1-3-8-5(4)7/h3-13,15H,14H2,1-2H3,(H,23,24,25);1-3H,6H2,(H2,7,8). The molecule has 178 valence electrons. The van der Waals surface area contributed by atoms with Gasteiger partial charge in [-0.05, 0) is 61.9 Å². The molecule has 5 N–H and O–H groups in total. The number of benzene rings is 2.